The normalized spacial score (nSPS) is 17.1. The Kier molecular flexibility index (Phi) is 5.65. The third kappa shape index (κ3) is 4.03. The number of furan rings is 1. The third-order valence-electron chi connectivity index (χ3n) is 2.69. The lowest BCUT2D eigenvalue weighted by atomic mass is 10.2. The van der Waals surface area contributed by atoms with Gasteiger partial charge in [-0.15, -0.1) is 24.0 Å². The summed E-state index contributed by atoms with van der Waals surface area (Å²) in [5.41, 5.74) is 5.77. The first kappa shape index (κ1) is 13.3. The SMILES string of the molecule is I.NC(=NCc1ccco1)NC1CCCC1. The quantitative estimate of drug-likeness (QED) is 0.506. The smallest absolute Gasteiger partial charge is 0.189 e. The van der Waals surface area contributed by atoms with Gasteiger partial charge < -0.3 is 15.5 Å². The Hall–Kier alpha value is -0.720. The van der Waals surface area contributed by atoms with Crippen LogP contribution >= 0.6 is 24.0 Å². The van der Waals surface area contributed by atoms with Gasteiger partial charge in [0.2, 0.25) is 0 Å². The minimum absolute atomic E-state index is 0. The minimum atomic E-state index is 0. The topological polar surface area (TPSA) is 63.5 Å². The Morgan fingerprint density at radius 1 is 1.50 bits per heavy atom. The van der Waals surface area contributed by atoms with Crippen molar-refractivity contribution in [1.82, 2.24) is 5.32 Å². The number of guanidine groups is 1. The van der Waals surface area contributed by atoms with E-state index in [0.29, 0.717) is 18.5 Å². The average molecular weight is 335 g/mol. The fourth-order valence-corrected chi connectivity index (χ4v) is 1.89. The number of nitrogens with one attached hydrogen (secondary N) is 1. The van der Waals surface area contributed by atoms with E-state index in [9.17, 15) is 0 Å². The Balaban J connectivity index is 0.00000128. The van der Waals surface area contributed by atoms with E-state index in [2.05, 4.69) is 10.3 Å². The van der Waals surface area contributed by atoms with Gasteiger partial charge in [-0.1, -0.05) is 12.8 Å². The summed E-state index contributed by atoms with van der Waals surface area (Å²) in [7, 11) is 0. The zero-order valence-electron chi connectivity index (χ0n) is 9.19. The molecule has 16 heavy (non-hydrogen) atoms. The molecule has 1 aromatic rings. The van der Waals surface area contributed by atoms with Crippen LogP contribution in [0.5, 0.6) is 0 Å². The summed E-state index contributed by atoms with van der Waals surface area (Å²) in [5.74, 6) is 1.37. The van der Waals surface area contributed by atoms with E-state index < -0.39 is 0 Å². The van der Waals surface area contributed by atoms with E-state index in [-0.39, 0.29) is 24.0 Å². The molecule has 3 N–H and O–H groups in total. The fraction of sp³-hybridized carbons (Fsp3) is 0.545. The summed E-state index contributed by atoms with van der Waals surface area (Å²) in [6.07, 6.45) is 6.64. The Morgan fingerprint density at radius 2 is 2.25 bits per heavy atom. The lowest BCUT2D eigenvalue weighted by Crippen LogP contribution is -2.38. The molecule has 1 saturated carbocycles. The molecule has 1 aliphatic rings. The first-order chi connectivity index (χ1) is 7.34. The van der Waals surface area contributed by atoms with Crippen LogP contribution in [0.15, 0.2) is 27.8 Å². The zero-order valence-corrected chi connectivity index (χ0v) is 11.5. The van der Waals surface area contributed by atoms with Gasteiger partial charge >= 0.3 is 0 Å². The highest BCUT2D eigenvalue weighted by Gasteiger charge is 2.14. The summed E-state index contributed by atoms with van der Waals surface area (Å²) in [6, 6.07) is 4.27. The lowest BCUT2D eigenvalue weighted by Gasteiger charge is -2.11. The van der Waals surface area contributed by atoms with E-state index in [4.69, 9.17) is 10.2 Å². The van der Waals surface area contributed by atoms with Crippen LogP contribution in [0.4, 0.5) is 0 Å². The monoisotopic (exact) mass is 335 g/mol. The van der Waals surface area contributed by atoms with Gasteiger partial charge in [-0.25, -0.2) is 4.99 Å². The highest BCUT2D eigenvalue weighted by molar-refractivity contribution is 14.0. The first-order valence-corrected chi connectivity index (χ1v) is 5.43. The second kappa shape index (κ2) is 6.78. The highest BCUT2D eigenvalue weighted by Crippen LogP contribution is 2.17. The number of nitrogens with two attached hydrogens (primary N) is 1. The van der Waals surface area contributed by atoms with Crippen molar-refractivity contribution in [2.45, 2.75) is 38.3 Å². The van der Waals surface area contributed by atoms with Gasteiger partial charge in [-0.05, 0) is 25.0 Å². The van der Waals surface area contributed by atoms with Crippen molar-refractivity contribution in [2.24, 2.45) is 10.7 Å². The van der Waals surface area contributed by atoms with Crippen LogP contribution < -0.4 is 11.1 Å². The molecule has 2 rings (SSSR count). The summed E-state index contributed by atoms with van der Waals surface area (Å²) in [6.45, 7) is 0.512. The number of aliphatic imine (C=N–C) groups is 1. The number of rotatable bonds is 3. The van der Waals surface area contributed by atoms with Gasteiger partial charge in [-0.3, -0.25) is 0 Å². The molecule has 0 spiro atoms. The van der Waals surface area contributed by atoms with Gasteiger partial charge in [-0.2, -0.15) is 0 Å². The molecule has 1 aliphatic carbocycles. The predicted molar refractivity (Wildman–Crippen MR) is 74.8 cm³/mol. The lowest BCUT2D eigenvalue weighted by molar-refractivity contribution is 0.511. The van der Waals surface area contributed by atoms with E-state index in [0.717, 1.165) is 5.76 Å². The van der Waals surface area contributed by atoms with E-state index in [1.807, 2.05) is 12.1 Å². The zero-order chi connectivity index (χ0) is 10.5. The van der Waals surface area contributed by atoms with Gasteiger partial charge in [0, 0.05) is 6.04 Å². The molecule has 90 valence electrons. The van der Waals surface area contributed by atoms with Crippen molar-refractivity contribution in [3.8, 4) is 0 Å². The molecule has 0 unspecified atom stereocenters. The molecule has 0 aromatic carbocycles. The number of halogens is 1. The van der Waals surface area contributed by atoms with Crippen LogP contribution in [-0.2, 0) is 6.54 Å². The van der Waals surface area contributed by atoms with Crippen molar-refractivity contribution in [2.75, 3.05) is 0 Å². The molecule has 4 nitrogen and oxygen atoms in total. The van der Waals surface area contributed by atoms with Gasteiger partial charge in [0.05, 0.1) is 6.26 Å². The van der Waals surface area contributed by atoms with Gasteiger partial charge in [0.1, 0.15) is 12.3 Å². The molecule has 0 amide bonds. The van der Waals surface area contributed by atoms with Crippen molar-refractivity contribution < 1.29 is 4.42 Å². The Labute approximate surface area is 113 Å². The molecule has 0 saturated heterocycles. The van der Waals surface area contributed by atoms with Crippen LogP contribution in [0, 0.1) is 0 Å². The average Bonchev–Trinajstić information content (AvgIpc) is 2.86. The number of nitrogens with zero attached hydrogens (tertiary/aromatic N) is 1. The first-order valence-electron chi connectivity index (χ1n) is 5.43. The molecule has 5 heteroatoms. The molecule has 1 aromatic heterocycles. The Bertz CT molecular complexity index is 318. The summed E-state index contributed by atoms with van der Waals surface area (Å²) in [4.78, 5) is 4.22. The molecule has 1 heterocycles. The van der Waals surface area contributed by atoms with Gasteiger partial charge in [0.25, 0.3) is 0 Å². The fourth-order valence-electron chi connectivity index (χ4n) is 1.89. The number of hydrogen-bond donors (Lipinski definition) is 2. The van der Waals surface area contributed by atoms with Crippen LogP contribution in [0.1, 0.15) is 31.4 Å². The molecular weight excluding hydrogens is 317 g/mol. The standard InChI is InChI=1S/C11H17N3O.HI/c12-11(14-9-4-1-2-5-9)13-8-10-6-3-7-15-10;/h3,6-7,9H,1-2,4-5,8H2,(H3,12,13,14);1H. The maximum absolute atomic E-state index is 5.77. The molecule has 1 fully saturated rings. The van der Waals surface area contributed by atoms with Crippen LogP contribution in [0.2, 0.25) is 0 Å². The molecular formula is C11H18IN3O. The largest absolute Gasteiger partial charge is 0.467 e. The van der Waals surface area contributed by atoms with Crippen LogP contribution in [0.3, 0.4) is 0 Å². The van der Waals surface area contributed by atoms with Crippen LogP contribution in [0.25, 0.3) is 0 Å². The minimum Gasteiger partial charge on any atom is -0.467 e. The summed E-state index contributed by atoms with van der Waals surface area (Å²) in [5, 5.41) is 3.23. The van der Waals surface area contributed by atoms with Crippen molar-refractivity contribution in [3.63, 3.8) is 0 Å². The third-order valence-corrected chi connectivity index (χ3v) is 2.69. The molecule has 0 atom stereocenters. The van der Waals surface area contributed by atoms with E-state index in [1.165, 1.54) is 25.7 Å². The maximum Gasteiger partial charge on any atom is 0.189 e. The second-order valence-electron chi connectivity index (χ2n) is 3.91. The molecule has 0 bridgehead atoms. The van der Waals surface area contributed by atoms with Crippen molar-refractivity contribution in [1.29, 1.82) is 0 Å². The Morgan fingerprint density at radius 3 is 2.88 bits per heavy atom. The van der Waals surface area contributed by atoms with Gasteiger partial charge in [0.15, 0.2) is 5.96 Å². The summed E-state index contributed by atoms with van der Waals surface area (Å²) < 4.78 is 5.16. The summed E-state index contributed by atoms with van der Waals surface area (Å²) >= 11 is 0. The van der Waals surface area contributed by atoms with E-state index >= 15 is 0 Å². The van der Waals surface area contributed by atoms with E-state index in [1.54, 1.807) is 6.26 Å². The van der Waals surface area contributed by atoms with Crippen LogP contribution in [-0.4, -0.2) is 12.0 Å². The molecule has 0 aliphatic heterocycles. The molecule has 0 radical (unpaired) electrons. The predicted octanol–water partition coefficient (Wildman–Crippen LogP) is 2.24. The van der Waals surface area contributed by atoms with Crippen molar-refractivity contribution >= 4 is 29.9 Å². The maximum atomic E-state index is 5.77. The highest BCUT2D eigenvalue weighted by atomic mass is 127. The number of hydrogen-bond acceptors (Lipinski definition) is 2. The van der Waals surface area contributed by atoms with Crippen molar-refractivity contribution in [3.05, 3.63) is 24.2 Å². The second-order valence-corrected chi connectivity index (χ2v) is 3.91.